The molecule has 2 aromatic heterocycles. The molecule has 2 heterocycles. The number of imidazole rings is 1. The van der Waals surface area contributed by atoms with Crippen molar-refractivity contribution in [2.24, 2.45) is 0 Å². The maximum atomic E-state index is 13.5. The Labute approximate surface area is 291 Å². The Balaban J connectivity index is 0.000000630. The van der Waals surface area contributed by atoms with Gasteiger partial charge in [-0.15, -0.1) is 11.3 Å². The number of rotatable bonds is 12. The number of aliphatic carboxylic acids is 1. The Bertz CT molecular complexity index is 1970. The van der Waals surface area contributed by atoms with Crippen LogP contribution in [0.25, 0.3) is 21.3 Å². The summed E-state index contributed by atoms with van der Waals surface area (Å²) in [5.74, 6) is -2.76. The zero-order valence-corrected chi connectivity index (χ0v) is 27.7. The monoisotopic (exact) mass is 700 g/mol. The number of carboxylic acid groups (broad SMARTS) is 1. The van der Waals surface area contributed by atoms with Crippen molar-refractivity contribution in [2.45, 2.75) is 38.8 Å². The summed E-state index contributed by atoms with van der Waals surface area (Å²) in [6.45, 7) is 3.45. The van der Waals surface area contributed by atoms with Crippen LogP contribution in [0.15, 0.2) is 121 Å². The van der Waals surface area contributed by atoms with Crippen molar-refractivity contribution >= 4 is 39.8 Å². The van der Waals surface area contributed by atoms with E-state index in [9.17, 15) is 18.0 Å². The number of urea groups is 1. The highest BCUT2D eigenvalue weighted by molar-refractivity contribution is 7.13. The summed E-state index contributed by atoms with van der Waals surface area (Å²) in [6, 6.07) is 33.0. The van der Waals surface area contributed by atoms with E-state index in [1.54, 1.807) is 23.9 Å². The molecule has 0 aliphatic carbocycles. The maximum absolute atomic E-state index is 13.5. The summed E-state index contributed by atoms with van der Waals surface area (Å²) in [7, 11) is 0. The molecule has 0 fully saturated rings. The van der Waals surface area contributed by atoms with Crippen molar-refractivity contribution in [1.29, 1.82) is 0 Å². The van der Waals surface area contributed by atoms with Crippen LogP contribution in [-0.2, 0) is 31.0 Å². The molecule has 0 aliphatic heterocycles. The van der Waals surface area contributed by atoms with E-state index in [0.29, 0.717) is 13.1 Å². The van der Waals surface area contributed by atoms with Gasteiger partial charge in [0.2, 0.25) is 0 Å². The molecule has 0 bridgehead atoms. The van der Waals surface area contributed by atoms with E-state index >= 15 is 0 Å². The van der Waals surface area contributed by atoms with E-state index in [4.69, 9.17) is 14.9 Å². The largest absolute Gasteiger partial charge is 0.490 e. The molecular formula is C37H35F3N6O3S. The number of carbonyl (C=O) groups excluding carboxylic acids is 1. The standard InChI is InChI=1S/C35H34N6OS.C2HF3O2/c42-35(39-32-16-15-29-9-4-5-10-31(29)21-32)41(19-6-18-40-20-17-36-26-40)24-33-25-43-34(38-33)30-13-11-28(12-14-30)23-37-22-27-7-2-1-3-8-27;3-2(4,5)1(6)7/h1-5,7-17,20-21,25-26,37H,6,18-19,22-24H2,(H,39,42);(H,6,7). The molecule has 6 rings (SSSR count). The lowest BCUT2D eigenvalue weighted by Crippen LogP contribution is -2.35. The molecule has 0 unspecified atom stereocenters. The summed E-state index contributed by atoms with van der Waals surface area (Å²) < 4.78 is 33.8. The van der Waals surface area contributed by atoms with Crippen molar-refractivity contribution in [1.82, 2.24) is 24.8 Å². The quantitative estimate of drug-likeness (QED) is 0.119. The molecule has 6 aromatic rings. The van der Waals surface area contributed by atoms with Crippen molar-refractivity contribution in [3.8, 4) is 10.6 Å². The van der Waals surface area contributed by atoms with Crippen LogP contribution >= 0.6 is 11.3 Å². The number of nitrogens with zero attached hydrogens (tertiary/aromatic N) is 4. The number of benzene rings is 4. The first-order chi connectivity index (χ1) is 24.1. The molecule has 3 N–H and O–H groups in total. The van der Waals surface area contributed by atoms with Gasteiger partial charge in [0.25, 0.3) is 0 Å². The van der Waals surface area contributed by atoms with Crippen LogP contribution in [0, 0.1) is 0 Å². The van der Waals surface area contributed by atoms with Crippen molar-refractivity contribution in [3.05, 3.63) is 138 Å². The van der Waals surface area contributed by atoms with E-state index in [0.717, 1.165) is 58.8 Å². The van der Waals surface area contributed by atoms with Crippen molar-refractivity contribution in [3.63, 3.8) is 0 Å². The van der Waals surface area contributed by atoms with Crippen LogP contribution in [-0.4, -0.2) is 49.3 Å². The molecule has 0 saturated carbocycles. The van der Waals surface area contributed by atoms with Crippen LogP contribution in [0.5, 0.6) is 0 Å². The number of halogens is 3. The summed E-state index contributed by atoms with van der Waals surface area (Å²) in [5, 5.41) is 19.0. The highest BCUT2D eigenvalue weighted by Crippen LogP contribution is 2.25. The zero-order valence-electron chi connectivity index (χ0n) is 26.9. The number of hydrogen-bond acceptors (Lipinski definition) is 6. The average Bonchev–Trinajstić information content (AvgIpc) is 3.81. The molecule has 2 amide bonds. The predicted octanol–water partition coefficient (Wildman–Crippen LogP) is 8.21. The van der Waals surface area contributed by atoms with Crippen LogP contribution in [0.1, 0.15) is 23.2 Å². The number of aryl methyl sites for hydroxylation is 1. The Kier molecular flexibility index (Phi) is 12.3. The lowest BCUT2D eigenvalue weighted by molar-refractivity contribution is -0.192. The number of nitrogens with one attached hydrogen (secondary N) is 2. The number of alkyl halides is 3. The predicted molar refractivity (Wildman–Crippen MR) is 188 cm³/mol. The van der Waals surface area contributed by atoms with Crippen LogP contribution < -0.4 is 10.6 Å². The molecule has 258 valence electrons. The van der Waals surface area contributed by atoms with Crippen molar-refractivity contribution < 1.29 is 27.9 Å². The summed E-state index contributed by atoms with van der Waals surface area (Å²) in [5.41, 5.74) is 5.24. The number of hydrogen-bond donors (Lipinski definition) is 3. The summed E-state index contributed by atoms with van der Waals surface area (Å²) in [4.78, 5) is 33.3. The molecule has 9 nitrogen and oxygen atoms in total. The number of thiazole rings is 1. The second kappa shape index (κ2) is 17.2. The molecule has 0 spiro atoms. The van der Waals surface area contributed by atoms with Gasteiger partial charge in [0.15, 0.2) is 0 Å². The van der Waals surface area contributed by atoms with E-state index in [-0.39, 0.29) is 6.03 Å². The van der Waals surface area contributed by atoms with E-state index < -0.39 is 12.1 Å². The first-order valence-electron chi connectivity index (χ1n) is 15.7. The average molecular weight is 701 g/mol. The Morgan fingerprint density at radius 1 is 0.880 bits per heavy atom. The minimum atomic E-state index is -5.08. The summed E-state index contributed by atoms with van der Waals surface area (Å²) >= 11 is 1.61. The Hall–Kier alpha value is -5.53. The van der Waals surface area contributed by atoms with Gasteiger partial charge in [0.05, 0.1) is 18.6 Å². The van der Waals surface area contributed by atoms with Gasteiger partial charge in [0, 0.05) is 55.2 Å². The van der Waals surface area contributed by atoms with Crippen LogP contribution in [0.2, 0.25) is 0 Å². The van der Waals surface area contributed by atoms with Gasteiger partial charge in [-0.05, 0) is 40.5 Å². The second-order valence-corrected chi connectivity index (χ2v) is 12.2. The number of fused-ring (bicyclic) bond motifs is 1. The third-order valence-electron chi connectivity index (χ3n) is 7.54. The smallest absolute Gasteiger partial charge is 0.475 e. The molecule has 0 radical (unpaired) electrons. The van der Waals surface area contributed by atoms with Gasteiger partial charge in [-0.3, -0.25) is 0 Å². The van der Waals surface area contributed by atoms with Crippen LogP contribution in [0.4, 0.5) is 23.7 Å². The molecular weight excluding hydrogens is 666 g/mol. The fourth-order valence-corrected chi connectivity index (χ4v) is 5.82. The molecule has 13 heteroatoms. The highest BCUT2D eigenvalue weighted by atomic mass is 32.1. The summed E-state index contributed by atoms with van der Waals surface area (Å²) in [6.07, 6.45) is 1.24. The number of carbonyl (C=O) groups is 2. The first kappa shape index (κ1) is 35.8. The fourth-order valence-electron chi connectivity index (χ4n) is 5.01. The molecule has 0 atom stereocenters. The SMILES string of the molecule is O=C(Nc1ccc2ccccc2c1)N(CCCn1ccnc1)Cc1csc(-c2ccc(CNCc3ccccc3)cc2)n1.O=C(O)C(F)(F)F. The first-order valence-corrected chi connectivity index (χ1v) is 16.6. The molecule has 50 heavy (non-hydrogen) atoms. The fraction of sp³-hybridized carbons (Fsp3) is 0.189. The minimum Gasteiger partial charge on any atom is -0.475 e. The van der Waals surface area contributed by atoms with Gasteiger partial charge in [-0.25, -0.2) is 19.6 Å². The normalized spacial score (nSPS) is 11.1. The number of anilines is 1. The van der Waals surface area contributed by atoms with Crippen LogP contribution in [0.3, 0.4) is 0 Å². The maximum Gasteiger partial charge on any atom is 0.490 e. The number of amides is 2. The number of carboxylic acids is 1. The lowest BCUT2D eigenvalue weighted by atomic mass is 10.1. The molecule has 4 aromatic carbocycles. The van der Waals surface area contributed by atoms with Gasteiger partial charge in [-0.1, -0.05) is 84.9 Å². The van der Waals surface area contributed by atoms with Gasteiger partial charge in [-0.2, -0.15) is 13.2 Å². The third-order valence-corrected chi connectivity index (χ3v) is 8.48. The second-order valence-electron chi connectivity index (χ2n) is 11.3. The highest BCUT2D eigenvalue weighted by Gasteiger charge is 2.38. The molecule has 0 aliphatic rings. The Morgan fingerprint density at radius 2 is 1.56 bits per heavy atom. The van der Waals surface area contributed by atoms with Crippen molar-refractivity contribution in [2.75, 3.05) is 11.9 Å². The van der Waals surface area contributed by atoms with E-state index in [1.165, 1.54) is 11.1 Å². The number of aromatic nitrogens is 3. The van der Waals surface area contributed by atoms with Gasteiger partial charge < -0.3 is 25.2 Å². The third kappa shape index (κ3) is 10.7. The van der Waals surface area contributed by atoms with E-state index in [1.807, 2.05) is 52.1 Å². The van der Waals surface area contributed by atoms with Gasteiger partial charge in [0.1, 0.15) is 5.01 Å². The molecule has 0 saturated heterocycles. The Morgan fingerprint density at radius 3 is 2.24 bits per heavy atom. The minimum absolute atomic E-state index is 0.136. The van der Waals surface area contributed by atoms with E-state index in [2.05, 4.69) is 81.7 Å². The topological polar surface area (TPSA) is 112 Å². The van der Waals surface area contributed by atoms with Gasteiger partial charge >= 0.3 is 18.2 Å². The lowest BCUT2D eigenvalue weighted by Gasteiger charge is -2.22. The zero-order chi connectivity index (χ0) is 35.3.